The molecule has 3 aliphatic rings. The Morgan fingerprint density at radius 2 is 1.94 bits per heavy atom. The van der Waals surface area contributed by atoms with E-state index >= 15 is 0 Å². The van der Waals surface area contributed by atoms with Crippen LogP contribution in [-0.4, -0.2) is 47.1 Å². The Labute approximate surface area is 199 Å². The summed E-state index contributed by atoms with van der Waals surface area (Å²) in [5.74, 6) is 2.09. The Morgan fingerprint density at radius 1 is 1.12 bits per heavy atom. The van der Waals surface area contributed by atoms with Gasteiger partial charge in [0.05, 0.1) is 0 Å². The molecule has 2 aromatic rings. The Kier molecular flexibility index (Phi) is 7.30. The van der Waals surface area contributed by atoms with Crippen LogP contribution in [0.1, 0.15) is 49.1 Å². The lowest BCUT2D eigenvalue weighted by molar-refractivity contribution is 0.180. The van der Waals surface area contributed by atoms with Crippen LogP contribution in [0.25, 0.3) is 0 Å². The molecule has 1 aliphatic carbocycles. The monoisotopic (exact) mass is 469 g/mol. The van der Waals surface area contributed by atoms with Crippen LogP contribution in [0.2, 0.25) is 0 Å². The Balaban J connectivity index is 1.27. The van der Waals surface area contributed by atoms with E-state index in [9.17, 15) is 4.21 Å². The summed E-state index contributed by atoms with van der Waals surface area (Å²) in [6.45, 7) is 3.43. The molecule has 2 fully saturated rings. The largest absolute Gasteiger partial charge is 0.492 e. The van der Waals surface area contributed by atoms with E-state index in [1.54, 1.807) is 0 Å². The van der Waals surface area contributed by atoms with Gasteiger partial charge in [-0.3, -0.25) is 4.55 Å². The predicted molar refractivity (Wildman–Crippen MR) is 133 cm³/mol. The van der Waals surface area contributed by atoms with Crippen molar-refractivity contribution < 1.29 is 13.5 Å². The molecule has 6 nitrogen and oxygen atoms in total. The van der Waals surface area contributed by atoms with Crippen LogP contribution in [0, 0.1) is 5.92 Å². The number of nitrogens with zero attached hydrogens (tertiary/aromatic N) is 1. The van der Waals surface area contributed by atoms with Gasteiger partial charge in [0, 0.05) is 48.9 Å². The van der Waals surface area contributed by atoms with Crippen LogP contribution in [0.4, 0.5) is 5.69 Å². The summed E-state index contributed by atoms with van der Waals surface area (Å²) in [7, 11) is 0. The minimum Gasteiger partial charge on any atom is -0.492 e. The van der Waals surface area contributed by atoms with E-state index in [2.05, 4.69) is 63.5 Å². The summed E-state index contributed by atoms with van der Waals surface area (Å²) in [5, 5.41) is 3.90. The van der Waals surface area contributed by atoms with E-state index in [1.807, 2.05) is 0 Å². The number of hydrogen-bond donors (Lipinski definition) is 3. The van der Waals surface area contributed by atoms with Crippen LogP contribution in [0.15, 0.2) is 48.5 Å². The summed E-state index contributed by atoms with van der Waals surface area (Å²) >= 11 is -1.90. The van der Waals surface area contributed by atoms with Crippen LogP contribution in [0.3, 0.4) is 0 Å². The molecule has 0 aromatic heterocycles. The third kappa shape index (κ3) is 5.60. The smallest absolute Gasteiger partial charge is 0.231 e. The summed E-state index contributed by atoms with van der Waals surface area (Å²) in [5.41, 5.74) is 3.99. The fraction of sp³-hybridized carbons (Fsp3) is 0.538. The van der Waals surface area contributed by atoms with Crippen molar-refractivity contribution >= 4 is 17.0 Å². The third-order valence-corrected chi connectivity index (χ3v) is 7.94. The van der Waals surface area contributed by atoms with Crippen LogP contribution < -0.4 is 19.7 Å². The molecule has 2 aliphatic heterocycles. The van der Waals surface area contributed by atoms with Gasteiger partial charge in [-0.25, -0.2) is 8.93 Å². The van der Waals surface area contributed by atoms with Crippen molar-refractivity contribution in [2.24, 2.45) is 5.92 Å². The van der Waals surface area contributed by atoms with Gasteiger partial charge in [-0.2, -0.15) is 0 Å². The lowest BCUT2D eigenvalue weighted by Gasteiger charge is -2.43. The summed E-state index contributed by atoms with van der Waals surface area (Å²) in [6.07, 6.45) is 6.92. The first-order valence-electron chi connectivity index (χ1n) is 12.3. The fourth-order valence-corrected chi connectivity index (χ4v) is 5.66. The van der Waals surface area contributed by atoms with Gasteiger partial charge in [-0.15, -0.1) is 0 Å². The van der Waals surface area contributed by atoms with Crippen molar-refractivity contribution in [3.63, 3.8) is 0 Å². The van der Waals surface area contributed by atoms with E-state index in [1.165, 1.54) is 36.1 Å². The molecule has 178 valence electrons. The molecule has 2 heterocycles. The minimum atomic E-state index is -1.90. The van der Waals surface area contributed by atoms with E-state index < -0.39 is 11.3 Å². The zero-order valence-corrected chi connectivity index (χ0v) is 19.9. The third-order valence-electron chi connectivity index (χ3n) is 7.49. The minimum absolute atomic E-state index is 0.340. The molecular formula is C26H35N3O3S. The first kappa shape index (κ1) is 22.8. The molecular weight excluding hydrogens is 434 g/mol. The highest BCUT2D eigenvalue weighted by atomic mass is 32.2. The predicted octanol–water partition coefficient (Wildman–Crippen LogP) is 3.86. The van der Waals surface area contributed by atoms with Gasteiger partial charge in [0.25, 0.3) is 0 Å². The van der Waals surface area contributed by atoms with E-state index in [-0.39, 0.29) is 0 Å². The molecule has 1 saturated carbocycles. The van der Waals surface area contributed by atoms with Crippen molar-refractivity contribution in [2.45, 2.75) is 56.5 Å². The number of anilines is 1. The van der Waals surface area contributed by atoms with Gasteiger partial charge in [0.2, 0.25) is 11.3 Å². The molecule has 7 heteroatoms. The normalized spacial score (nSPS) is 23.8. The first-order chi connectivity index (χ1) is 16.2. The molecule has 0 bridgehead atoms. The van der Waals surface area contributed by atoms with Gasteiger partial charge in [0.15, 0.2) is 0 Å². The van der Waals surface area contributed by atoms with Crippen molar-refractivity contribution in [3.05, 3.63) is 59.7 Å². The zero-order chi connectivity index (χ0) is 22.6. The SMILES string of the molecule is O=S(O)NCCCC1CN(c2ccc3c(c2)C(Cc2ccccc2)C(NC2CCC2)CO3)C1. The highest BCUT2D eigenvalue weighted by molar-refractivity contribution is 7.77. The molecule has 33 heavy (non-hydrogen) atoms. The van der Waals surface area contributed by atoms with Gasteiger partial charge >= 0.3 is 0 Å². The molecule has 3 unspecified atom stereocenters. The van der Waals surface area contributed by atoms with Crippen molar-refractivity contribution in [2.75, 3.05) is 31.1 Å². The highest BCUT2D eigenvalue weighted by Crippen LogP contribution is 2.40. The zero-order valence-electron chi connectivity index (χ0n) is 19.1. The second kappa shape index (κ2) is 10.6. The second-order valence-electron chi connectivity index (χ2n) is 9.79. The maximum Gasteiger partial charge on any atom is 0.231 e. The number of hydrogen-bond acceptors (Lipinski definition) is 4. The molecule has 0 amide bonds. The molecule has 3 N–H and O–H groups in total. The maximum atomic E-state index is 10.7. The molecule has 5 rings (SSSR count). The average molecular weight is 470 g/mol. The Morgan fingerprint density at radius 3 is 2.67 bits per heavy atom. The number of nitrogens with one attached hydrogen (secondary N) is 2. The lowest BCUT2D eigenvalue weighted by atomic mass is 9.81. The standard InChI is InChI=1S/C26H35N3O3S/c30-33(31)27-13-5-8-20-16-29(17-20)22-11-12-26-24(15-22)23(14-19-6-2-1-3-7-19)25(18-32-26)28-21-9-4-10-21/h1-3,6-7,11-12,15,20-21,23,25,27-28H,4-5,8-10,13-14,16-18H2,(H,30,31). The topological polar surface area (TPSA) is 73.8 Å². The van der Waals surface area contributed by atoms with Crippen molar-refractivity contribution in [1.82, 2.24) is 10.0 Å². The van der Waals surface area contributed by atoms with Gasteiger partial charge in [-0.1, -0.05) is 36.8 Å². The van der Waals surface area contributed by atoms with Gasteiger partial charge < -0.3 is 15.0 Å². The number of fused-ring (bicyclic) bond motifs is 1. The Hall–Kier alpha value is -1.93. The molecule has 0 spiro atoms. The van der Waals surface area contributed by atoms with Crippen LogP contribution >= 0.6 is 0 Å². The number of ether oxygens (including phenoxy) is 1. The second-order valence-corrected chi connectivity index (χ2v) is 10.6. The lowest BCUT2D eigenvalue weighted by Crippen LogP contribution is -2.50. The number of rotatable bonds is 10. The van der Waals surface area contributed by atoms with Crippen molar-refractivity contribution in [3.8, 4) is 5.75 Å². The first-order valence-corrected chi connectivity index (χ1v) is 13.4. The van der Waals surface area contributed by atoms with Gasteiger partial charge in [0.1, 0.15) is 12.4 Å². The van der Waals surface area contributed by atoms with E-state index in [0.29, 0.717) is 30.5 Å². The molecule has 1 saturated heterocycles. The van der Waals surface area contributed by atoms with Crippen LogP contribution in [-0.2, 0) is 17.7 Å². The quantitative estimate of drug-likeness (QED) is 0.364. The van der Waals surface area contributed by atoms with E-state index in [4.69, 9.17) is 9.29 Å². The number of benzene rings is 2. The highest BCUT2D eigenvalue weighted by Gasteiger charge is 2.35. The summed E-state index contributed by atoms with van der Waals surface area (Å²) in [4.78, 5) is 2.45. The van der Waals surface area contributed by atoms with E-state index in [0.717, 1.165) is 44.7 Å². The van der Waals surface area contributed by atoms with Gasteiger partial charge in [-0.05, 0) is 61.8 Å². The fourth-order valence-electron chi connectivity index (χ4n) is 5.34. The summed E-state index contributed by atoms with van der Waals surface area (Å²) < 4.78 is 28.3. The Bertz CT molecular complexity index is 947. The molecule has 3 atom stereocenters. The maximum absolute atomic E-state index is 10.7. The van der Waals surface area contributed by atoms with Crippen molar-refractivity contribution in [1.29, 1.82) is 0 Å². The molecule has 0 radical (unpaired) electrons. The average Bonchev–Trinajstić information content (AvgIpc) is 2.76. The summed E-state index contributed by atoms with van der Waals surface area (Å²) in [6, 6.07) is 18.5. The molecule has 2 aromatic carbocycles. The van der Waals surface area contributed by atoms with Crippen LogP contribution in [0.5, 0.6) is 5.75 Å².